The zero-order chi connectivity index (χ0) is 16.3. The summed E-state index contributed by atoms with van der Waals surface area (Å²) in [5, 5.41) is 0. The number of hydrogen-bond acceptors (Lipinski definition) is 4. The van der Waals surface area contributed by atoms with Crippen molar-refractivity contribution in [3.05, 3.63) is 29.8 Å². The predicted octanol–water partition coefficient (Wildman–Crippen LogP) is 2.97. The first kappa shape index (κ1) is 16.5. The highest BCUT2D eigenvalue weighted by atomic mass is 19.3. The van der Waals surface area contributed by atoms with Gasteiger partial charge in [-0.2, -0.15) is 8.78 Å². The first-order valence-corrected chi connectivity index (χ1v) is 6.56. The van der Waals surface area contributed by atoms with Gasteiger partial charge in [0, 0.05) is 0 Å². The van der Waals surface area contributed by atoms with Gasteiger partial charge in [-0.3, -0.25) is 0 Å². The normalized spacial score (nSPS) is 20.8. The average Bonchev–Trinajstić information content (AvgIpc) is 3.26. The van der Waals surface area contributed by atoms with Crippen LogP contribution in [0.25, 0.3) is 0 Å². The average molecular weight is 322 g/mol. The minimum atomic E-state index is -4.20. The van der Waals surface area contributed by atoms with Gasteiger partial charge in [-0.05, 0) is 24.6 Å². The van der Waals surface area contributed by atoms with E-state index in [1.165, 1.54) is 24.3 Å². The Bertz CT molecular complexity index is 518. The third-order valence-corrected chi connectivity index (χ3v) is 2.97. The highest BCUT2D eigenvalue weighted by Crippen LogP contribution is 2.40. The molecule has 1 aromatic carbocycles. The maximum atomic E-state index is 12.7. The topological polar surface area (TPSA) is 48.1 Å². The smallest absolute Gasteiger partial charge is 0.340 e. The fourth-order valence-corrected chi connectivity index (χ4v) is 1.77. The molecule has 2 rings (SSSR count). The van der Waals surface area contributed by atoms with Crippen molar-refractivity contribution in [2.45, 2.75) is 31.5 Å². The van der Waals surface area contributed by atoms with Crippen LogP contribution in [-0.4, -0.2) is 37.6 Å². The Labute approximate surface area is 124 Å². The van der Waals surface area contributed by atoms with Crippen molar-refractivity contribution in [1.29, 1.82) is 0 Å². The van der Waals surface area contributed by atoms with Gasteiger partial charge in [-0.15, -0.1) is 0 Å². The Balaban J connectivity index is 1.88. The van der Waals surface area contributed by atoms with Gasteiger partial charge in [0.25, 0.3) is 0 Å². The lowest BCUT2D eigenvalue weighted by Crippen LogP contribution is -2.33. The molecular formula is C14H14F4O4. The Morgan fingerprint density at radius 1 is 1.32 bits per heavy atom. The molecule has 0 aromatic heterocycles. The van der Waals surface area contributed by atoms with E-state index in [4.69, 9.17) is 9.47 Å². The van der Waals surface area contributed by atoms with Gasteiger partial charge < -0.3 is 14.2 Å². The second-order valence-corrected chi connectivity index (χ2v) is 4.65. The molecule has 8 heteroatoms. The van der Waals surface area contributed by atoms with Crippen LogP contribution in [0.3, 0.4) is 0 Å². The molecule has 1 heterocycles. The lowest BCUT2D eigenvalue weighted by atomic mass is 10.1. The Hall–Kier alpha value is -1.83. The maximum Gasteiger partial charge on any atom is 0.340 e. The van der Waals surface area contributed by atoms with Crippen molar-refractivity contribution in [3.8, 4) is 5.75 Å². The van der Waals surface area contributed by atoms with Gasteiger partial charge >= 0.3 is 18.3 Å². The molecule has 0 amide bonds. The largest absolute Gasteiger partial charge is 0.487 e. The van der Waals surface area contributed by atoms with Crippen molar-refractivity contribution in [1.82, 2.24) is 0 Å². The summed E-state index contributed by atoms with van der Waals surface area (Å²) >= 11 is 0. The number of epoxide rings is 1. The van der Waals surface area contributed by atoms with E-state index in [9.17, 15) is 22.4 Å². The summed E-state index contributed by atoms with van der Waals surface area (Å²) in [5.41, 5.74) is 0.644. The van der Waals surface area contributed by atoms with Crippen LogP contribution in [0.4, 0.5) is 17.6 Å². The van der Waals surface area contributed by atoms with E-state index >= 15 is 0 Å². The zero-order valence-corrected chi connectivity index (χ0v) is 11.6. The van der Waals surface area contributed by atoms with E-state index in [1.807, 2.05) is 0 Å². The van der Waals surface area contributed by atoms with E-state index in [1.54, 1.807) is 6.92 Å². The van der Waals surface area contributed by atoms with Gasteiger partial charge in [0.15, 0.2) is 12.7 Å². The quantitative estimate of drug-likeness (QED) is 0.440. The predicted molar refractivity (Wildman–Crippen MR) is 67.1 cm³/mol. The standard InChI is InChI=1S/C14H14F4O4/c1-2-20-12(19)11-10(22-11)8-3-5-9(6-4-8)21-7-14(17,18)13(15)16/h3-6,10-11,13H,2,7H2,1H3/t10-,11+/m0/s1. The van der Waals surface area contributed by atoms with E-state index < -0.39 is 37.1 Å². The molecule has 0 aliphatic carbocycles. The Morgan fingerprint density at radius 2 is 1.95 bits per heavy atom. The van der Waals surface area contributed by atoms with E-state index in [2.05, 4.69) is 4.74 Å². The van der Waals surface area contributed by atoms with Crippen molar-refractivity contribution < 1.29 is 36.6 Å². The summed E-state index contributed by atoms with van der Waals surface area (Å²) in [7, 11) is 0. The molecule has 2 atom stereocenters. The van der Waals surface area contributed by atoms with E-state index in [0.29, 0.717) is 5.56 Å². The second kappa shape index (κ2) is 6.51. The molecule has 0 radical (unpaired) electrons. The molecule has 22 heavy (non-hydrogen) atoms. The molecule has 0 spiro atoms. The number of hydrogen-bond donors (Lipinski definition) is 0. The van der Waals surface area contributed by atoms with Gasteiger partial charge in [0.1, 0.15) is 11.9 Å². The summed E-state index contributed by atoms with van der Waals surface area (Å²) in [5.74, 6) is -4.64. The first-order valence-electron chi connectivity index (χ1n) is 6.56. The Morgan fingerprint density at radius 3 is 2.50 bits per heavy atom. The maximum absolute atomic E-state index is 12.7. The molecule has 0 N–H and O–H groups in total. The van der Waals surface area contributed by atoms with E-state index in [0.717, 1.165) is 0 Å². The summed E-state index contributed by atoms with van der Waals surface area (Å²) in [6.45, 7) is 0.516. The number of benzene rings is 1. The van der Waals surface area contributed by atoms with Crippen LogP contribution < -0.4 is 4.74 Å². The molecule has 1 aromatic rings. The van der Waals surface area contributed by atoms with Crippen molar-refractivity contribution >= 4 is 5.97 Å². The lowest BCUT2D eigenvalue weighted by Gasteiger charge is -2.15. The third kappa shape index (κ3) is 3.88. The first-order chi connectivity index (χ1) is 10.3. The Kier molecular flexibility index (Phi) is 4.90. The van der Waals surface area contributed by atoms with Crippen LogP contribution in [-0.2, 0) is 14.3 Å². The molecule has 0 bridgehead atoms. The molecule has 122 valence electrons. The molecular weight excluding hydrogens is 308 g/mol. The van der Waals surface area contributed by atoms with Crippen molar-refractivity contribution in [2.75, 3.05) is 13.2 Å². The number of alkyl halides is 4. The fourth-order valence-electron chi connectivity index (χ4n) is 1.77. The van der Waals surface area contributed by atoms with Crippen molar-refractivity contribution in [2.24, 2.45) is 0 Å². The van der Waals surface area contributed by atoms with Gasteiger partial charge in [-0.1, -0.05) is 12.1 Å². The SMILES string of the molecule is CCOC(=O)[C@@H]1O[C@H]1c1ccc(OCC(F)(F)C(F)F)cc1. The minimum absolute atomic E-state index is 0.0254. The van der Waals surface area contributed by atoms with E-state index in [-0.39, 0.29) is 12.4 Å². The van der Waals surface area contributed by atoms with Gasteiger partial charge in [0.05, 0.1) is 6.61 Å². The second-order valence-electron chi connectivity index (χ2n) is 4.65. The van der Waals surface area contributed by atoms with Crippen LogP contribution in [0.5, 0.6) is 5.75 Å². The van der Waals surface area contributed by atoms with Crippen LogP contribution in [0.1, 0.15) is 18.6 Å². The number of halogens is 4. The monoisotopic (exact) mass is 322 g/mol. The number of carbonyl (C=O) groups excluding carboxylic acids is 1. The summed E-state index contributed by atoms with van der Waals surface area (Å²) < 4.78 is 64.0. The number of ether oxygens (including phenoxy) is 3. The van der Waals surface area contributed by atoms with Crippen molar-refractivity contribution in [3.63, 3.8) is 0 Å². The van der Waals surface area contributed by atoms with Crippen LogP contribution in [0, 0.1) is 0 Å². The van der Waals surface area contributed by atoms with Crippen LogP contribution in [0.2, 0.25) is 0 Å². The highest BCUT2D eigenvalue weighted by molar-refractivity contribution is 5.78. The summed E-state index contributed by atoms with van der Waals surface area (Å²) in [6, 6.07) is 5.72. The minimum Gasteiger partial charge on any atom is -0.487 e. The number of carbonyl (C=O) groups is 1. The molecule has 0 saturated carbocycles. The van der Waals surface area contributed by atoms with Crippen LogP contribution in [0.15, 0.2) is 24.3 Å². The zero-order valence-electron chi connectivity index (χ0n) is 11.6. The molecule has 4 nitrogen and oxygen atoms in total. The summed E-state index contributed by atoms with van der Waals surface area (Å²) in [6.07, 6.45) is -4.90. The fraction of sp³-hybridized carbons (Fsp3) is 0.500. The van der Waals surface area contributed by atoms with Gasteiger partial charge in [0.2, 0.25) is 0 Å². The molecule has 1 fully saturated rings. The molecule has 1 aliphatic rings. The van der Waals surface area contributed by atoms with Gasteiger partial charge in [-0.25, -0.2) is 13.6 Å². The number of rotatable bonds is 7. The summed E-state index contributed by atoms with van der Waals surface area (Å²) in [4.78, 5) is 11.4. The van der Waals surface area contributed by atoms with Crippen LogP contribution >= 0.6 is 0 Å². The number of esters is 1. The molecule has 1 saturated heterocycles. The third-order valence-electron chi connectivity index (χ3n) is 2.97. The molecule has 1 aliphatic heterocycles. The lowest BCUT2D eigenvalue weighted by molar-refractivity contribution is -0.148. The highest BCUT2D eigenvalue weighted by Gasteiger charge is 2.47. The molecule has 0 unspecified atom stereocenters.